The highest BCUT2D eigenvalue weighted by Gasteiger charge is 2.13. The standard InChI is InChI=1S/C11H12N8O/c12-7(20)1-3-18-6-15-8-9(18)16-11(13)17-10(8)19-4-2-14-5-19/h2,4-6H,1,3H2,(H2,12,20)(H2,13,16,17). The van der Waals surface area contributed by atoms with E-state index in [4.69, 9.17) is 11.5 Å². The Morgan fingerprint density at radius 2 is 2.15 bits per heavy atom. The molecule has 0 saturated carbocycles. The molecule has 0 unspecified atom stereocenters. The highest BCUT2D eigenvalue weighted by Crippen LogP contribution is 2.18. The maximum Gasteiger partial charge on any atom is 0.224 e. The summed E-state index contributed by atoms with van der Waals surface area (Å²) in [4.78, 5) is 27.5. The topological polar surface area (TPSA) is 131 Å². The van der Waals surface area contributed by atoms with E-state index in [-0.39, 0.29) is 18.3 Å². The van der Waals surface area contributed by atoms with E-state index < -0.39 is 0 Å². The number of aryl methyl sites for hydroxylation is 1. The summed E-state index contributed by atoms with van der Waals surface area (Å²) in [6.07, 6.45) is 6.76. The van der Waals surface area contributed by atoms with Gasteiger partial charge in [0, 0.05) is 25.4 Å². The Morgan fingerprint density at radius 1 is 1.30 bits per heavy atom. The molecule has 0 fully saturated rings. The molecular formula is C11H12N8O. The number of primary amides is 1. The zero-order chi connectivity index (χ0) is 14.1. The molecule has 0 spiro atoms. The quantitative estimate of drug-likeness (QED) is 0.656. The average molecular weight is 272 g/mol. The van der Waals surface area contributed by atoms with E-state index in [0.717, 1.165) is 0 Å². The van der Waals surface area contributed by atoms with Crippen molar-refractivity contribution in [2.45, 2.75) is 13.0 Å². The summed E-state index contributed by atoms with van der Waals surface area (Å²) in [6.45, 7) is 0.394. The minimum absolute atomic E-state index is 0.127. The van der Waals surface area contributed by atoms with Crippen molar-refractivity contribution in [1.29, 1.82) is 0 Å². The summed E-state index contributed by atoms with van der Waals surface area (Å²) in [5.41, 5.74) is 12.0. The Balaban J connectivity index is 2.12. The van der Waals surface area contributed by atoms with E-state index in [1.165, 1.54) is 0 Å². The average Bonchev–Trinajstić information content (AvgIpc) is 3.05. The van der Waals surface area contributed by atoms with Gasteiger partial charge in [-0.1, -0.05) is 0 Å². The molecule has 0 aliphatic rings. The molecule has 0 aromatic carbocycles. The molecule has 1 amide bonds. The number of imidazole rings is 2. The van der Waals surface area contributed by atoms with Crippen LogP contribution in [-0.2, 0) is 11.3 Å². The van der Waals surface area contributed by atoms with Crippen molar-refractivity contribution in [2.75, 3.05) is 5.73 Å². The number of nitrogens with zero attached hydrogens (tertiary/aromatic N) is 6. The van der Waals surface area contributed by atoms with Crippen LogP contribution in [0.2, 0.25) is 0 Å². The van der Waals surface area contributed by atoms with Crippen molar-refractivity contribution < 1.29 is 4.79 Å². The number of carbonyl (C=O) groups is 1. The second-order valence-electron chi connectivity index (χ2n) is 4.20. The third-order valence-corrected chi connectivity index (χ3v) is 2.81. The lowest BCUT2D eigenvalue weighted by molar-refractivity contribution is -0.118. The molecule has 0 aliphatic heterocycles. The zero-order valence-corrected chi connectivity index (χ0v) is 10.5. The van der Waals surface area contributed by atoms with E-state index in [9.17, 15) is 4.79 Å². The van der Waals surface area contributed by atoms with Crippen molar-refractivity contribution in [2.24, 2.45) is 5.73 Å². The van der Waals surface area contributed by atoms with Gasteiger partial charge in [0.15, 0.2) is 17.0 Å². The summed E-state index contributed by atoms with van der Waals surface area (Å²) in [7, 11) is 0. The first-order valence-electron chi connectivity index (χ1n) is 5.90. The van der Waals surface area contributed by atoms with Crippen LogP contribution in [-0.4, -0.2) is 35.0 Å². The van der Waals surface area contributed by atoms with E-state index >= 15 is 0 Å². The molecule has 9 heteroatoms. The summed E-state index contributed by atoms with van der Waals surface area (Å²) >= 11 is 0. The highest BCUT2D eigenvalue weighted by molar-refractivity contribution is 5.80. The van der Waals surface area contributed by atoms with Crippen molar-refractivity contribution in [1.82, 2.24) is 29.1 Å². The van der Waals surface area contributed by atoms with Crippen LogP contribution < -0.4 is 11.5 Å². The lowest BCUT2D eigenvalue weighted by Crippen LogP contribution is -2.14. The monoisotopic (exact) mass is 272 g/mol. The molecule has 3 aromatic rings. The molecule has 0 aliphatic carbocycles. The predicted octanol–water partition coefficient (Wildman–Crippen LogP) is -0.530. The van der Waals surface area contributed by atoms with Gasteiger partial charge in [-0.3, -0.25) is 9.36 Å². The number of amides is 1. The number of nitrogens with two attached hydrogens (primary N) is 2. The SMILES string of the molecule is NC(=O)CCn1cnc2c(-n3ccnc3)nc(N)nc21. The van der Waals surface area contributed by atoms with E-state index in [1.54, 1.807) is 34.2 Å². The fourth-order valence-electron chi connectivity index (χ4n) is 1.90. The number of fused-ring (bicyclic) bond motifs is 1. The van der Waals surface area contributed by atoms with Crippen molar-refractivity contribution in [3.63, 3.8) is 0 Å². The fourth-order valence-corrected chi connectivity index (χ4v) is 1.90. The van der Waals surface area contributed by atoms with E-state index in [2.05, 4.69) is 19.9 Å². The largest absolute Gasteiger partial charge is 0.370 e. The third kappa shape index (κ3) is 2.05. The van der Waals surface area contributed by atoms with Gasteiger partial charge in [0.2, 0.25) is 11.9 Å². The number of nitrogen functional groups attached to an aromatic ring is 1. The molecule has 20 heavy (non-hydrogen) atoms. The normalized spacial score (nSPS) is 11.0. The molecular weight excluding hydrogens is 260 g/mol. The molecule has 0 atom stereocenters. The van der Waals surface area contributed by atoms with Gasteiger partial charge in [-0.2, -0.15) is 9.97 Å². The first kappa shape index (κ1) is 12.1. The molecule has 4 N–H and O–H groups in total. The second-order valence-corrected chi connectivity index (χ2v) is 4.20. The Bertz CT molecular complexity index is 760. The van der Waals surface area contributed by atoms with Crippen LogP contribution in [0, 0.1) is 0 Å². The molecule has 9 nitrogen and oxygen atoms in total. The predicted molar refractivity (Wildman–Crippen MR) is 70.7 cm³/mol. The first-order chi connectivity index (χ1) is 9.65. The van der Waals surface area contributed by atoms with Crippen LogP contribution in [0.3, 0.4) is 0 Å². The van der Waals surface area contributed by atoms with Crippen molar-refractivity contribution >= 4 is 23.0 Å². The lowest BCUT2D eigenvalue weighted by Gasteiger charge is -2.05. The smallest absolute Gasteiger partial charge is 0.224 e. The van der Waals surface area contributed by atoms with Crippen LogP contribution in [0.15, 0.2) is 25.0 Å². The van der Waals surface area contributed by atoms with Crippen LogP contribution in [0.5, 0.6) is 0 Å². The lowest BCUT2D eigenvalue weighted by atomic mass is 10.4. The summed E-state index contributed by atoms with van der Waals surface area (Å²) in [6, 6.07) is 0. The van der Waals surface area contributed by atoms with Crippen LogP contribution >= 0.6 is 0 Å². The van der Waals surface area contributed by atoms with Gasteiger partial charge in [-0.15, -0.1) is 0 Å². The fraction of sp³-hybridized carbons (Fsp3) is 0.182. The zero-order valence-electron chi connectivity index (χ0n) is 10.5. The number of anilines is 1. The number of hydrogen-bond donors (Lipinski definition) is 2. The van der Waals surface area contributed by atoms with Crippen molar-refractivity contribution in [3.8, 4) is 5.82 Å². The summed E-state index contributed by atoms with van der Waals surface area (Å²) < 4.78 is 3.42. The van der Waals surface area contributed by atoms with Gasteiger partial charge in [0.25, 0.3) is 0 Å². The molecule has 3 aromatic heterocycles. The third-order valence-electron chi connectivity index (χ3n) is 2.81. The van der Waals surface area contributed by atoms with Crippen LogP contribution in [0.4, 0.5) is 5.95 Å². The van der Waals surface area contributed by atoms with Gasteiger partial charge < -0.3 is 16.0 Å². The van der Waals surface area contributed by atoms with Crippen LogP contribution in [0.1, 0.15) is 6.42 Å². The number of carbonyl (C=O) groups excluding carboxylic acids is 1. The number of rotatable bonds is 4. The molecule has 3 heterocycles. The van der Waals surface area contributed by atoms with Crippen LogP contribution in [0.25, 0.3) is 17.0 Å². The first-order valence-corrected chi connectivity index (χ1v) is 5.90. The van der Waals surface area contributed by atoms with Gasteiger partial charge in [0.1, 0.15) is 6.33 Å². The Kier molecular flexibility index (Phi) is 2.78. The second kappa shape index (κ2) is 4.61. The molecule has 0 radical (unpaired) electrons. The summed E-state index contributed by atoms with van der Waals surface area (Å²) in [5.74, 6) is 0.286. The maximum atomic E-state index is 10.9. The van der Waals surface area contributed by atoms with E-state index in [1.807, 2.05) is 0 Å². The van der Waals surface area contributed by atoms with Gasteiger partial charge in [-0.05, 0) is 0 Å². The molecule has 0 saturated heterocycles. The minimum atomic E-state index is -0.385. The van der Waals surface area contributed by atoms with Crippen molar-refractivity contribution in [3.05, 3.63) is 25.0 Å². The number of hydrogen-bond acceptors (Lipinski definition) is 6. The number of aromatic nitrogens is 6. The Labute approximate surface area is 113 Å². The van der Waals surface area contributed by atoms with E-state index in [0.29, 0.717) is 23.5 Å². The molecule has 0 bridgehead atoms. The molecule has 3 rings (SSSR count). The van der Waals surface area contributed by atoms with Gasteiger partial charge in [-0.25, -0.2) is 9.97 Å². The maximum absolute atomic E-state index is 10.9. The highest BCUT2D eigenvalue weighted by atomic mass is 16.1. The summed E-state index contributed by atoms with van der Waals surface area (Å²) in [5, 5.41) is 0. The Hall–Kier alpha value is -2.97. The van der Waals surface area contributed by atoms with Gasteiger partial charge in [0.05, 0.1) is 6.33 Å². The minimum Gasteiger partial charge on any atom is -0.370 e. The molecule has 102 valence electrons. The van der Waals surface area contributed by atoms with Gasteiger partial charge >= 0.3 is 0 Å². The Morgan fingerprint density at radius 3 is 2.85 bits per heavy atom.